The standard InChI is InChI=1S/C21H19ClN2O4S/c1-13-5-4-6-16(9-13)12-29(26,27)21-23-11-18(22)19(24-21)20(25)28-17-8-7-14(2)15(3)10-17/h4-11H,12H2,1-3H3. The maximum atomic E-state index is 12.7. The van der Waals surface area contributed by atoms with Crippen molar-refractivity contribution < 1.29 is 17.9 Å². The molecule has 0 atom stereocenters. The predicted octanol–water partition coefficient (Wildman–Crippen LogP) is 4.25. The van der Waals surface area contributed by atoms with Crippen molar-refractivity contribution in [3.63, 3.8) is 0 Å². The summed E-state index contributed by atoms with van der Waals surface area (Å²) in [6, 6.07) is 12.3. The molecule has 0 unspecified atom stereocenters. The summed E-state index contributed by atoms with van der Waals surface area (Å²) >= 11 is 6.02. The Balaban J connectivity index is 1.88. The molecule has 0 bridgehead atoms. The molecule has 6 nitrogen and oxygen atoms in total. The molecule has 0 aliphatic rings. The first-order chi connectivity index (χ1) is 13.7. The van der Waals surface area contributed by atoms with Crippen molar-refractivity contribution in [3.05, 3.63) is 81.6 Å². The minimum atomic E-state index is -3.88. The molecule has 0 aliphatic carbocycles. The summed E-state index contributed by atoms with van der Waals surface area (Å²) in [6.07, 6.45) is 1.09. The van der Waals surface area contributed by atoms with Crippen molar-refractivity contribution in [2.75, 3.05) is 0 Å². The Morgan fingerprint density at radius 1 is 1.07 bits per heavy atom. The zero-order valence-corrected chi connectivity index (χ0v) is 17.7. The summed E-state index contributed by atoms with van der Waals surface area (Å²) < 4.78 is 30.7. The van der Waals surface area contributed by atoms with Crippen LogP contribution in [0.1, 0.15) is 32.7 Å². The number of benzene rings is 2. The van der Waals surface area contributed by atoms with E-state index in [1.54, 1.807) is 30.3 Å². The lowest BCUT2D eigenvalue weighted by atomic mass is 10.1. The minimum Gasteiger partial charge on any atom is -0.422 e. The van der Waals surface area contributed by atoms with Crippen molar-refractivity contribution in [2.45, 2.75) is 31.7 Å². The molecule has 150 valence electrons. The van der Waals surface area contributed by atoms with Crippen molar-refractivity contribution >= 4 is 27.4 Å². The van der Waals surface area contributed by atoms with Crippen molar-refractivity contribution in [2.24, 2.45) is 0 Å². The Labute approximate surface area is 174 Å². The SMILES string of the molecule is Cc1cccc(CS(=O)(=O)c2ncc(Cl)c(C(=O)Oc3ccc(C)c(C)c3)n2)c1. The van der Waals surface area contributed by atoms with Gasteiger partial charge < -0.3 is 4.74 Å². The van der Waals surface area contributed by atoms with E-state index in [1.807, 2.05) is 32.9 Å². The van der Waals surface area contributed by atoms with Gasteiger partial charge in [-0.3, -0.25) is 0 Å². The molecule has 3 rings (SSSR count). The van der Waals surface area contributed by atoms with Gasteiger partial charge in [0.2, 0.25) is 15.0 Å². The van der Waals surface area contributed by atoms with Crippen LogP contribution in [0.3, 0.4) is 0 Å². The number of carbonyl (C=O) groups excluding carboxylic acids is 1. The summed E-state index contributed by atoms with van der Waals surface area (Å²) in [7, 11) is -3.88. The third-order valence-corrected chi connectivity index (χ3v) is 6.06. The third-order valence-electron chi connectivity index (χ3n) is 4.32. The summed E-state index contributed by atoms with van der Waals surface area (Å²) in [6.45, 7) is 5.70. The average molecular weight is 431 g/mol. The van der Waals surface area contributed by atoms with Gasteiger partial charge >= 0.3 is 5.97 Å². The van der Waals surface area contributed by atoms with Crippen LogP contribution in [-0.4, -0.2) is 24.4 Å². The summed E-state index contributed by atoms with van der Waals surface area (Å²) in [5.74, 6) is -0.827. The van der Waals surface area contributed by atoms with Crippen LogP contribution in [0.25, 0.3) is 0 Å². The van der Waals surface area contributed by atoms with Crippen LogP contribution in [0.5, 0.6) is 5.75 Å². The number of aryl methyl sites for hydroxylation is 3. The van der Waals surface area contributed by atoms with Crippen LogP contribution in [0, 0.1) is 20.8 Å². The molecule has 3 aromatic rings. The fraction of sp³-hybridized carbons (Fsp3) is 0.190. The topological polar surface area (TPSA) is 86.2 Å². The molecule has 0 N–H and O–H groups in total. The highest BCUT2D eigenvalue weighted by Crippen LogP contribution is 2.21. The molecular weight excluding hydrogens is 412 g/mol. The number of rotatable bonds is 5. The van der Waals surface area contributed by atoms with Gasteiger partial charge in [0.05, 0.1) is 17.0 Å². The molecule has 8 heteroatoms. The van der Waals surface area contributed by atoms with Gasteiger partial charge in [-0.1, -0.05) is 47.5 Å². The van der Waals surface area contributed by atoms with Gasteiger partial charge in [-0.15, -0.1) is 0 Å². The van der Waals surface area contributed by atoms with E-state index in [4.69, 9.17) is 16.3 Å². The first-order valence-corrected chi connectivity index (χ1v) is 10.8. The molecule has 1 heterocycles. The Morgan fingerprint density at radius 2 is 1.83 bits per heavy atom. The number of hydrogen-bond acceptors (Lipinski definition) is 6. The zero-order valence-electron chi connectivity index (χ0n) is 16.1. The van der Waals surface area contributed by atoms with Gasteiger partial charge in [-0.25, -0.2) is 23.2 Å². The monoisotopic (exact) mass is 430 g/mol. The molecule has 0 radical (unpaired) electrons. The third kappa shape index (κ3) is 4.99. The van der Waals surface area contributed by atoms with E-state index < -0.39 is 21.0 Å². The van der Waals surface area contributed by atoms with Gasteiger partial charge in [0.25, 0.3) is 0 Å². The van der Waals surface area contributed by atoms with Crippen molar-refractivity contribution in [3.8, 4) is 5.75 Å². The number of nitrogens with zero attached hydrogens (tertiary/aromatic N) is 2. The highest BCUT2D eigenvalue weighted by atomic mass is 35.5. The number of sulfone groups is 1. The van der Waals surface area contributed by atoms with E-state index in [1.165, 1.54) is 0 Å². The maximum Gasteiger partial charge on any atom is 0.364 e. The zero-order chi connectivity index (χ0) is 21.2. The summed E-state index contributed by atoms with van der Waals surface area (Å²) in [4.78, 5) is 20.2. The van der Waals surface area contributed by atoms with Crippen LogP contribution in [0.2, 0.25) is 5.02 Å². The Hall–Kier alpha value is -2.77. The van der Waals surface area contributed by atoms with Crippen LogP contribution >= 0.6 is 11.6 Å². The molecule has 2 aromatic carbocycles. The molecule has 0 spiro atoms. The van der Waals surface area contributed by atoms with E-state index in [0.717, 1.165) is 22.9 Å². The average Bonchev–Trinajstić information content (AvgIpc) is 2.64. The van der Waals surface area contributed by atoms with Gasteiger partial charge in [-0.2, -0.15) is 0 Å². The van der Waals surface area contributed by atoms with E-state index >= 15 is 0 Å². The number of esters is 1. The first kappa shape index (κ1) is 21.0. The number of ether oxygens (including phenoxy) is 1. The molecule has 0 aliphatic heterocycles. The number of hydrogen-bond donors (Lipinski definition) is 0. The lowest BCUT2D eigenvalue weighted by Gasteiger charge is -2.09. The van der Waals surface area contributed by atoms with Crippen LogP contribution in [-0.2, 0) is 15.6 Å². The van der Waals surface area contributed by atoms with Crippen molar-refractivity contribution in [1.29, 1.82) is 0 Å². The lowest BCUT2D eigenvalue weighted by molar-refractivity contribution is 0.0727. The summed E-state index contributed by atoms with van der Waals surface area (Å²) in [5, 5.41) is -0.566. The Bertz CT molecular complexity index is 1190. The van der Waals surface area contributed by atoms with Crippen LogP contribution in [0.4, 0.5) is 0 Å². The first-order valence-electron chi connectivity index (χ1n) is 8.76. The molecule has 0 amide bonds. The number of carbonyl (C=O) groups is 1. The fourth-order valence-corrected chi connectivity index (χ4v) is 4.02. The lowest BCUT2D eigenvalue weighted by Crippen LogP contribution is -2.16. The quantitative estimate of drug-likeness (QED) is 0.341. The molecule has 1 aromatic heterocycles. The van der Waals surface area contributed by atoms with Gasteiger partial charge in [0, 0.05) is 0 Å². The highest BCUT2D eigenvalue weighted by Gasteiger charge is 2.24. The summed E-state index contributed by atoms with van der Waals surface area (Å²) in [5.41, 5.74) is 3.23. The second kappa shape index (κ2) is 8.31. The second-order valence-electron chi connectivity index (χ2n) is 6.73. The fourth-order valence-electron chi connectivity index (χ4n) is 2.66. The molecule has 0 saturated heterocycles. The molecule has 29 heavy (non-hydrogen) atoms. The molecular formula is C21H19ClN2O4S. The van der Waals surface area contributed by atoms with E-state index in [9.17, 15) is 13.2 Å². The number of aromatic nitrogens is 2. The van der Waals surface area contributed by atoms with Gasteiger partial charge in [-0.05, 0) is 49.6 Å². The van der Waals surface area contributed by atoms with E-state index in [-0.39, 0.29) is 16.5 Å². The normalized spacial score (nSPS) is 11.3. The highest BCUT2D eigenvalue weighted by molar-refractivity contribution is 7.90. The van der Waals surface area contributed by atoms with Gasteiger partial charge in [0.15, 0.2) is 5.69 Å². The smallest absolute Gasteiger partial charge is 0.364 e. The second-order valence-corrected chi connectivity index (χ2v) is 9.02. The maximum absolute atomic E-state index is 12.7. The van der Waals surface area contributed by atoms with Crippen LogP contribution < -0.4 is 4.74 Å². The number of halogens is 1. The largest absolute Gasteiger partial charge is 0.422 e. The van der Waals surface area contributed by atoms with Crippen molar-refractivity contribution in [1.82, 2.24) is 9.97 Å². The molecule has 0 fully saturated rings. The minimum absolute atomic E-state index is 0.0895. The Morgan fingerprint density at radius 3 is 2.52 bits per heavy atom. The predicted molar refractivity (Wildman–Crippen MR) is 110 cm³/mol. The Kier molecular flexibility index (Phi) is 6.00. The van der Waals surface area contributed by atoms with E-state index in [2.05, 4.69) is 9.97 Å². The molecule has 0 saturated carbocycles. The van der Waals surface area contributed by atoms with E-state index in [0.29, 0.717) is 11.3 Å². The van der Waals surface area contributed by atoms with Crippen LogP contribution in [0.15, 0.2) is 53.8 Å². The van der Waals surface area contributed by atoms with Gasteiger partial charge in [0.1, 0.15) is 5.75 Å².